The summed E-state index contributed by atoms with van der Waals surface area (Å²) in [5.41, 5.74) is 2.34. The highest BCUT2D eigenvalue weighted by atomic mass is 16.7. The molecule has 0 spiro atoms. The number of ether oxygens (including phenoxy) is 2. The Morgan fingerprint density at radius 2 is 2.04 bits per heavy atom. The molecule has 2 aromatic heterocycles. The molecule has 1 aliphatic heterocycles. The van der Waals surface area contributed by atoms with E-state index in [4.69, 9.17) is 9.47 Å². The minimum atomic E-state index is -0.0913. The molecule has 3 heterocycles. The summed E-state index contributed by atoms with van der Waals surface area (Å²) in [6.07, 6.45) is 1.78. The lowest BCUT2D eigenvalue weighted by molar-refractivity contribution is 0.174. The van der Waals surface area contributed by atoms with E-state index in [1.54, 1.807) is 6.20 Å². The number of fused-ring (bicyclic) bond motifs is 2. The summed E-state index contributed by atoms with van der Waals surface area (Å²) in [7, 11) is 1.99. The van der Waals surface area contributed by atoms with Crippen LogP contribution < -0.4 is 15.0 Å². The molecule has 4 rings (SSSR count). The van der Waals surface area contributed by atoms with Gasteiger partial charge in [-0.1, -0.05) is 6.07 Å². The van der Waals surface area contributed by atoms with E-state index in [2.05, 4.69) is 21.8 Å². The lowest BCUT2D eigenvalue weighted by Gasteiger charge is -2.24. The highest BCUT2D eigenvalue weighted by Crippen LogP contribution is 2.35. The lowest BCUT2D eigenvalue weighted by Crippen LogP contribution is -2.26. The molecule has 1 unspecified atom stereocenters. The van der Waals surface area contributed by atoms with Crippen molar-refractivity contribution in [1.82, 2.24) is 14.9 Å². The summed E-state index contributed by atoms with van der Waals surface area (Å²) in [6.45, 7) is 2.82. The number of hydrogen-bond acceptors (Lipinski definition) is 5. The number of hydrogen-bond donors (Lipinski definition) is 1. The molecule has 0 aliphatic carbocycles. The van der Waals surface area contributed by atoms with E-state index >= 15 is 0 Å². The number of nitrogens with one attached hydrogen (secondary N) is 1. The van der Waals surface area contributed by atoms with Gasteiger partial charge in [0.05, 0.1) is 11.2 Å². The van der Waals surface area contributed by atoms with Crippen molar-refractivity contribution >= 4 is 10.9 Å². The van der Waals surface area contributed by atoms with E-state index < -0.39 is 0 Å². The van der Waals surface area contributed by atoms with Crippen LogP contribution in [0.15, 0.2) is 47.4 Å². The minimum Gasteiger partial charge on any atom is -0.454 e. The number of pyridine rings is 2. The van der Waals surface area contributed by atoms with Gasteiger partial charge in [0.25, 0.3) is 5.56 Å². The van der Waals surface area contributed by atoms with Gasteiger partial charge in [-0.15, -0.1) is 0 Å². The minimum absolute atomic E-state index is 0.0913. The maximum absolute atomic E-state index is 12.5. The second-order valence-electron chi connectivity index (χ2n) is 6.26. The van der Waals surface area contributed by atoms with Gasteiger partial charge in [-0.25, -0.2) is 0 Å². The first-order valence-corrected chi connectivity index (χ1v) is 8.18. The second kappa shape index (κ2) is 6.22. The fourth-order valence-electron chi connectivity index (χ4n) is 3.01. The summed E-state index contributed by atoms with van der Waals surface area (Å²) >= 11 is 0. The third-order valence-electron chi connectivity index (χ3n) is 4.61. The fraction of sp³-hybridized carbons (Fsp3) is 0.263. The third-order valence-corrected chi connectivity index (χ3v) is 4.61. The van der Waals surface area contributed by atoms with Crippen LogP contribution >= 0.6 is 0 Å². The maximum Gasteiger partial charge on any atom is 0.252 e. The Labute approximate surface area is 145 Å². The van der Waals surface area contributed by atoms with Crippen LogP contribution in [0.4, 0.5) is 0 Å². The van der Waals surface area contributed by atoms with Crippen molar-refractivity contribution in [2.75, 3.05) is 13.8 Å². The summed E-state index contributed by atoms with van der Waals surface area (Å²) < 4.78 is 10.8. The van der Waals surface area contributed by atoms with Gasteiger partial charge in [0, 0.05) is 35.8 Å². The van der Waals surface area contributed by atoms with Crippen molar-refractivity contribution in [2.24, 2.45) is 0 Å². The van der Waals surface area contributed by atoms with Crippen molar-refractivity contribution in [1.29, 1.82) is 0 Å². The number of H-pyrrole nitrogens is 1. The second-order valence-corrected chi connectivity index (χ2v) is 6.26. The average molecular weight is 337 g/mol. The zero-order valence-electron chi connectivity index (χ0n) is 14.2. The Bertz CT molecular complexity index is 969. The first-order valence-electron chi connectivity index (χ1n) is 8.18. The Hall–Kier alpha value is -2.86. The summed E-state index contributed by atoms with van der Waals surface area (Å²) in [5, 5.41) is 0.928. The molecule has 0 saturated carbocycles. The number of nitrogens with zero attached hydrogens (tertiary/aromatic N) is 2. The smallest absolute Gasteiger partial charge is 0.252 e. The van der Waals surface area contributed by atoms with Gasteiger partial charge >= 0.3 is 0 Å². The number of aromatic amines is 1. The molecule has 0 saturated heterocycles. The van der Waals surface area contributed by atoms with Gasteiger partial charge in [0.1, 0.15) is 0 Å². The highest BCUT2D eigenvalue weighted by Gasteiger charge is 2.17. The van der Waals surface area contributed by atoms with Crippen LogP contribution in [0, 0.1) is 0 Å². The number of rotatable bonds is 4. The van der Waals surface area contributed by atoms with E-state index in [-0.39, 0.29) is 18.4 Å². The molecule has 1 aliphatic rings. The molecular weight excluding hydrogens is 318 g/mol. The molecule has 6 nitrogen and oxygen atoms in total. The van der Waals surface area contributed by atoms with E-state index in [1.165, 1.54) is 0 Å². The van der Waals surface area contributed by atoms with Gasteiger partial charge in [-0.2, -0.15) is 0 Å². The lowest BCUT2D eigenvalue weighted by atomic mass is 10.1. The van der Waals surface area contributed by atoms with E-state index in [0.717, 1.165) is 16.6 Å². The van der Waals surface area contributed by atoms with Crippen LogP contribution in [0.2, 0.25) is 0 Å². The molecule has 0 amide bonds. The summed E-state index contributed by atoms with van der Waals surface area (Å²) in [4.78, 5) is 21.9. The number of benzene rings is 1. The van der Waals surface area contributed by atoms with Crippen molar-refractivity contribution in [3.8, 4) is 11.5 Å². The van der Waals surface area contributed by atoms with Gasteiger partial charge in [-0.05, 0) is 38.2 Å². The standard InChI is InChI=1S/C19H19N3O3/c1-12(15-5-3-4-6-20-15)22(2)10-14-7-13-8-17-18(25-11-24-17)9-16(13)21-19(14)23/h3-9,12H,10-11H2,1-2H3,(H,21,23). The van der Waals surface area contributed by atoms with Gasteiger partial charge in [0.2, 0.25) is 6.79 Å². The predicted molar refractivity (Wildman–Crippen MR) is 94.8 cm³/mol. The summed E-state index contributed by atoms with van der Waals surface area (Å²) in [5.74, 6) is 1.37. The molecule has 3 aromatic rings. The Morgan fingerprint density at radius 1 is 1.24 bits per heavy atom. The fourth-order valence-corrected chi connectivity index (χ4v) is 3.01. The van der Waals surface area contributed by atoms with Crippen molar-refractivity contribution < 1.29 is 9.47 Å². The van der Waals surface area contributed by atoms with Gasteiger partial charge < -0.3 is 14.5 Å². The van der Waals surface area contributed by atoms with Gasteiger partial charge in [0.15, 0.2) is 11.5 Å². The van der Waals surface area contributed by atoms with Crippen molar-refractivity contribution in [2.45, 2.75) is 19.5 Å². The zero-order chi connectivity index (χ0) is 17.4. The van der Waals surface area contributed by atoms with Crippen molar-refractivity contribution in [3.05, 3.63) is 64.2 Å². The highest BCUT2D eigenvalue weighted by molar-refractivity contribution is 5.83. The van der Waals surface area contributed by atoms with Crippen LogP contribution in [0.5, 0.6) is 11.5 Å². The molecule has 1 atom stereocenters. The van der Waals surface area contributed by atoms with E-state index in [9.17, 15) is 4.79 Å². The molecule has 0 radical (unpaired) electrons. The van der Waals surface area contributed by atoms with Crippen LogP contribution in [-0.4, -0.2) is 28.7 Å². The Morgan fingerprint density at radius 3 is 2.80 bits per heavy atom. The molecule has 128 valence electrons. The van der Waals surface area contributed by atoms with Gasteiger partial charge in [-0.3, -0.25) is 14.7 Å². The first kappa shape index (κ1) is 15.7. The average Bonchev–Trinajstić information content (AvgIpc) is 3.07. The predicted octanol–water partition coefficient (Wildman–Crippen LogP) is 2.84. The van der Waals surface area contributed by atoms with Crippen molar-refractivity contribution in [3.63, 3.8) is 0 Å². The molecule has 25 heavy (non-hydrogen) atoms. The Kier molecular flexibility index (Phi) is 3.89. The topological polar surface area (TPSA) is 67.5 Å². The largest absolute Gasteiger partial charge is 0.454 e. The van der Waals surface area contributed by atoms with Crippen LogP contribution in [0.3, 0.4) is 0 Å². The quantitative estimate of drug-likeness (QED) is 0.793. The Balaban J connectivity index is 1.64. The normalized spacial score (nSPS) is 14.2. The van der Waals surface area contributed by atoms with Crippen LogP contribution in [0.25, 0.3) is 10.9 Å². The molecule has 6 heteroatoms. The molecule has 0 fully saturated rings. The first-order chi connectivity index (χ1) is 12.1. The molecular formula is C19H19N3O3. The molecule has 0 bridgehead atoms. The number of aromatic nitrogens is 2. The third kappa shape index (κ3) is 2.96. The van der Waals surface area contributed by atoms with Crippen LogP contribution in [0.1, 0.15) is 24.2 Å². The SMILES string of the molecule is CC(c1ccccn1)N(C)Cc1cc2cc3c(cc2[nH]c1=O)OCO3. The molecule has 1 N–H and O–H groups in total. The van der Waals surface area contributed by atoms with E-state index in [0.29, 0.717) is 23.6 Å². The van der Waals surface area contributed by atoms with E-state index in [1.807, 2.05) is 43.4 Å². The van der Waals surface area contributed by atoms with Crippen LogP contribution in [-0.2, 0) is 6.54 Å². The molecule has 1 aromatic carbocycles. The zero-order valence-corrected chi connectivity index (χ0v) is 14.2. The monoisotopic (exact) mass is 337 g/mol. The maximum atomic E-state index is 12.5. The summed E-state index contributed by atoms with van der Waals surface area (Å²) in [6, 6.07) is 11.6.